The molecule has 0 aliphatic carbocycles. The molecule has 182 valence electrons. The van der Waals surface area contributed by atoms with E-state index in [-0.39, 0.29) is 12.2 Å². The molecule has 8 heteroatoms. The van der Waals surface area contributed by atoms with Crippen LogP contribution in [0.3, 0.4) is 0 Å². The van der Waals surface area contributed by atoms with Gasteiger partial charge in [-0.1, -0.05) is 71.5 Å². The van der Waals surface area contributed by atoms with E-state index in [1.807, 2.05) is 54.6 Å². The van der Waals surface area contributed by atoms with E-state index in [9.17, 15) is 9.59 Å². The van der Waals surface area contributed by atoms with Crippen LogP contribution < -0.4 is 19.6 Å². The lowest BCUT2D eigenvalue weighted by Crippen LogP contribution is -2.40. The molecule has 0 bridgehead atoms. The second-order valence-electron chi connectivity index (χ2n) is 8.23. The molecule has 6 nitrogen and oxygen atoms in total. The molecule has 1 atom stereocenters. The zero-order valence-corrected chi connectivity index (χ0v) is 21.5. The fourth-order valence-electron chi connectivity index (χ4n) is 4.53. The van der Waals surface area contributed by atoms with Crippen LogP contribution in [0.4, 0.5) is 0 Å². The first kappa shape index (κ1) is 24.0. The summed E-state index contributed by atoms with van der Waals surface area (Å²) >= 11 is 7.62. The lowest BCUT2D eigenvalue weighted by atomic mass is 9.90. The molecule has 2 heterocycles. The van der Waals surface area contributed by atoms with Gasteiger partial charge in [-0.3, -0.25) is 9.36 Å². The topological polar surface area (TPSA) is 69.9 Å². The summed E-state index contributed by atoms with van der Waals surface area (Å²) in [5.74, 6) is 0.0509. The minimum atomic E-state index is -0.783. The number of thiazole rings is 1. The number of rotatable bonds is 5. The van der Waals surface area contributed by atoms with E-state index in [2.05, 4.69) is 4.99 Å². The number of benzene rings is 3. The van der Waals surface area contributed by atoms with Crippen LogP contribution >= 0.6 is 22.9 Å². The number of carbonyl (C=O) groups is 1. The monoisotopic (exact) mass is 518 g/mol. The number of hydrogen-bond donors (Lipinski definition) is 0. The normalized spacial score (nSPS) is 15.6. The third-order valence-corrected chi connectivity index (χ3v) is 7.46. The maximum absolute atomic E-state index is 13.9. The Morgan fingerprint density at radius 1 is 1.14 bits per heavy atom. The molecular weight excluding hydrogens is 496 g/mol. The van der Waals surface area contributed by atoms with E-state index < -0.39 is 12.0 Å². The van der Waals surface area contributed by atoms with E-state index in [0.29, 0.717) is 36.9 Å². The van der Waals surface area contributed by atoms with Gasteiger partial charge in [0.2, 0.25) is 0 Å². The number of allylic oxidation sites excluding steroid dienone is 1. The van der Waals surface area contributed by atoms with Gasteiger partial charge in [0.1, 0.15) is 11.8 Å². The van der Waals surface area contributed by atoms with Gasteiger partial charge in [0.25, 0.3) is 5.56 Å². The maximum Gasteiger partial charge on any atom is 0.338 e. The SMILES string of the molecule is CCOC(=O)C1=C(C)N=c2sc(=Cc3ccccc3Cl)c(=O)n2C1c1c(OC)ccc2ccccc12. The zero-order valence-electron chi connectivity index (χ0n) is 19.9. The molecule has 3 aromatic carbocycles. The summed E-state index contributed by atoms with van der Waals surface area (Å²) in [4.78, 5) is 32.3. The molecule has 0 saturated heterocycles. The zero-order chi connectivity index (χ0) is 25.4. The molecule has 1 aromatic heterocycles. The highest BCUT2D eigenvalue weighted by Gasteiger charge is 2.36. The lowest BCUT2D eigenvalue weighted by molar-refractivity contribution is -0.139. The van der Waals surface area contributed by atoms with Gasteiger partial charge in [0, 0.05) is 10.6 Å². The highest BCUT2D eigenvalue weighted by atomic mass is 35.5. The number of aromatic nitrogens is 1. The van der Waals surface area contributed by atoms with Crippen molar-refractivity contribution in [2.45, 2.75) is 19.9 Å². The minimum Gasteiger partial charge on any atom is -0.496 e. The Morgan fingerprint density at radius 3 is 2.64 bits per heavy atom. The number of halogens is 1. The predicted octanol–water partition coefficient (Wildman–Crippen LogP) is 4.61. The van der Waals surface area contributed by atoms with Crippen LogP contribution in [0.5, 0.6) is 5.75 Å². The molecule has 0 fully saturated rings. The van der Waals surface area contributed by atoms with Crippen molar-refractivity contribution in [1.29, 1.82) is 0 Å². The summed E-state index contributed by atoms with van der Waals surface area (Å²) in [6, 6.07) is 18.2. The largest absolute Gasteiger partial charge is 0.496 e. The van der Waals surface area contributed by atoms with Gasteiger partial charge in [0.15, 0.2) is 4.80 Å². The van der Waals surface area contributed by atoms with Crippen molar-refractivity contribution in [1.82, 2.24) is 4.57 Å². The van der Waals surface area contributed by atoms with E-state index in [4.69, 9.17) is 21.1 Å². The molecule has 0 radical (unpaired) electrons. The van der Waals surface area contributed by atoms with E-state index in [1.54, 1.807) is 37.7 Å². The third kappa shape index (κ3) is 4.04. The highest BCUT2D eigenvalue weighted by molar-refractivity contribution is 7.07. The number of ether oxygens (including phenoxy) is 2. The molecule has 1 aliphatic heterocycles. The predicted molar refractivity (Wildman–Crippen MR) is 142 cm³/mol. The van der Waals surface area contributed by atoms with Crippen molar-refractivity contribution in [3.05, 3.63) is 108 Å². The Balaban J connectivity index is 1.87. The molecule has 0 N–H and O–H groups in total. The Labute approximate surface area is 216 Å². The van der Waals surface area contributed by atoms with Crippen LogP contribution in [0.25, 0.3) is 16.8 Å². The molecule has 0 spiro atoms. The summed E-state index contributed by atoms with van der Waals surface area (Å²) in [6.07, 6.45) is 1.76. The van der Waals surface area contributed by atoms with Crippen LogP contribution in [0, 0.1) is 0 Å². The van der Waals surface area contributed by atoms with E-state index in [1.165, 1.54) is 11.3 Å². The summed E-state index contributed by atoms with van der Waals surface area (Å²) in [5, 5.41) is 2.38. The van der Waals surface area contributed by atoms with Crippen molar-refractivity contribution >= 4 is 45.8 Å². The number of fused-ring (bicyclic) bond motifs is 2. The summed E-state index contributed by atoms with van der Waals surface area (Å²) in [5.41, 5.74) is 1.97. The first-order valence-electron chi connectivity index (χ1n) is 11.4. The summed E-state index contributed by atoms with van der Waals surface area (Å²) < 4.78 is 13.2. The first-order chi connectivity index (χ1) is 17.4. The minimum absolute atomic E-state index is 0.200. The Bertz CT molecular complexity index is 1720. The lowest BCUT2D eigenvalue weighted by Gasteiger charge is -2.27. The van der Waals surface area contributed by atoms with E-state index >= 15 is 0 Å². The van der Waals surface area contributed by atoms with Crippen molar-refractivity contribution in [3.8, 4) is 5.75 Å². The molecule has 1 unspecified atom stereocenters. The second kappa shape index (κ2) is 9.76. The van der Waals surface area contributed by atoms with Crippen molar-refractivity contribution < 1.29 is 14.3 Å². The van der Waals surface area contributed by atoms with Gasteiger partial charge >= 0.3 is 5.97 Å². The first-order valence-corrected chi connectivity index (χ1v) is 12.6. The number of esters is 1. The number of nitrogens with zero attached hydrogens (tertiary/aromatic N) is 2. The van der Waals surface area contributed by atoms with Crippen molar-refractivity contribution in [3.63, 3.8) is 0 Å². The molecular formula is C28H23ClN2O4S. The van der Waals surface area contributed by atoms with E-state index in [0.717, 1.165) is 16.3 Å². The highest BCUT2D eigenvalue weighted by Crippen LogP contribution is 2.40. The molecule has 5 rings (SSSR count). The molecule has 36 heavy (non-hydrogen) atoms. The number of carbonyl (C=O) groups excluding carboxylic acids is 1. The Morgan fingerprint density at radius 2 is 1.89 bits per heavy atom. The van der Waals surface area contributed by atoms with Gasteiger partial charge in [0.05, 0.1) is 29.5 Å². The van der Waals surface area contributed by atoms with Gasteiger partial charge in [-0.15, -0.1) is 0 Å². The Kier molecular flexibility index (Phi) is 6.51. The number of hydrogen-bond acceptors (Lipinski definition) is 6. The van der Waals surface area contributed by atoms with Crippen molar-refractivity contribution in [2.75, 3.05) is 13.7 Å². The molecule has 0 amide bonds. The summed E-state index contributed by atoms with van der Waals surface area (Å²) in [6.45, 7) is 3.72. The second-order valence-corrected chi connectivity index (χ2v) is 9.64. The quantitative estimate of drug-likeness (QED) is 0.362. The van der Waals surface area contributed by atoms with Crippen LogP contribution in [0.1, 0.15) is 31.0 Å². The van der Waals surface area contributed by atoms with Gasteiger partial charge in [-0.2, -0.15) is 0 Å². The molecule has 4 aromatic rings. The molecule has 0 saturated carbocycles. The molecule has 1 aliphatic rings. The number of methoxy groups -OCH3 is 1. The van der Waals surface area contributed by atoms with Crippen molar-refractivity contribution in [2.24, 2.45) is 4.99 Å². The standard InChI is InChI=1S/C28H23ClN2O4S/c1-4-35-27(33)23-16(2)30-28-31(26(32)22(36-28)15-18-10-6-8-12-20(18)29)25(23)24-19-11-7-5-9-17(19)13-14-21(24)34-3/h5-15,25H,4H2,1-3H3. The van der Waals surface area contributed by atoms with Gasteiger partial charge in [-0.25, -0.2) is 9.79 Å². The fraction of sp³-hybridized carbons (Fsp3) is 0.179. The van der Waals surface area contributed by atoms with Gasteiger partial charge < -0.3 is 9.47 Å². The summed E-state index contributed by atoms with van der Waals surface area (Å²) in [7, 11) is 1.58. The van der Waals surface area contributed by atoms with Crippen LogP contribution in [-0.4, -0.2) is 24.3 Å². The average Bonchev–Trinajstić information content (AvgIpc) is 3.18. The van der Waals surface area contributed by atoms with Crippen LogP contribution in [0.15, 0.2) is 81.7 Å². The fourth-order valence-corrected chi connectivity index (χ4v) is 5.76. The Hall–Kier alpha value is -3.68. The average molecular weight is 519 g/mol. The van der Waals surface area contributed by atoms with Gasteiger partial charge in [-0.05, 0) is 48.4 Å². The maximum atomic E-state index is 13.9. The third-order valence-electron chi connectivity index (χ3n) is 6.13. The van der Waals surface area contributed by atoms with Crippen LogP contribution in [0.2, 0.25) is 5.02 Å². The smallest absolute Gasteiger partial charge is 0.338 e. The van der Waals surface area contributed by atoms with Crippen LogP contribution in [-0.2, 0) is 9.53 Å².